The topological polar surface area (TPSA) is 17.8 Å². The molecular formula is C9H7F3N2. The lowest BCUT2D eigenvalue weighted by molar-refractivity contribution is -0.137. The van der Waals surface area contributed by atoms with Gasteiger partial charge in [-0.25, -0.2) is 0 Å². The van der Waals surface area contributed by atoms with E-state index in [-0.39, 0.29) is 0 Å². The second-order valence-corrected chi connectivity index (χ2v) is 3.07. The van der Waals surface area contributed by atoms with Crippen LogP contribution in [0.4, 0.5) is 13.2 Å². The summed E-state index contributed by atoms with van der Waals surface area (Å²) < 4.78 is 38.4. The molecule has 0 aliphatic heterocycles. The number of halogens is 3. The Kier molecular flexibility index (Phi) is 1.77. The molecule has 0 aliphatic rings. The molecule has 0 fully saturated rings. The van der Waals surface area contributed by atoms with Crippen molar-refractivity contribution in [3.8, 4) is 0 Å². The molecule has 1 aromatic carbocycles. The van der Waals surface area contributed by atoms with Gasteiger partial charge < -0.3 is 0 Å². The molecule has 0 bridgehead atoms. The van der Waals surface area contributed by atoms with E-state index in [1.54, 1.807) is 13.2 Å². The van der Waals surface area contributed by atoms with Gasteiger partial charge in [-0.2, -0.15) is 18.3 Å². The van der Waals surface area contributed by atoms with E-state index in [9.17, 15) is 13.2 Å². The van der Waals surface area contributed by atoms with Crippen LogP contribution in [-0.2, 0) is 13.2 Å². The van der Waals surface area contributed by atoms with E-state index >= 15 is 0 Å². The molecule has 0 saturated heterocycles. The summed E-state index contributed by atoms with van der Waals surface area (Å²) in [6, 6.07) is 3.53. The summed E-state index contributed by atoms with van der Waals surface area (Å²) in [6.07, 6.45) is -2.62. The third-order valence-corrected chi connectivity index (χ3v) is 1.95. The second kappa shape index (κ2) is 2.73. The van der Waals surface area contributed by atoms with Crippen molar-refractivity contribution in [2.24, 2.45) is 7.05 Å². The van der Waals surface area contributed by atoms with Crippen molar-refractivity contribution >= 4 is 10.9 Å². The molecule has 2 rings (SSSR count). The van der Waals surface area contributed by atoms with Crippen LogP contribution in [0.5, 0.6) is 0 Å². The predicted octanol–water partition coefficient (Wildman–Crippen LogP) is 2.59. The van der Waals surface area contributed by atoms with Crippen LogP contribution in [0.1, 0.15) is 5.56 Å². The molecule has 2 aromatic rings. The fourth-order valence-electron chi connectivity index (χ4n) is 1.32. The van der Waals surface area contributed by atoms with E-state index < -0.39 is 11.7 Å². The first-order valence-electron chi connectivity index (χ1n) is 3.97. The molecule has 0 N–H and O–H groups in total. The molecule has 5 heteroatoms. The summed E-state index contributed by atoms with van der Waals surface area (Å²) in [5, 5.41) is 4.61. The molecule has 0 saturated carbocycles. The molecule has 1 heterocycles. The third-order valence-electron chi connectivity index (χ3n) is 1.95. The highest BCUT2D eigenvalue weighted by atomic mass is 19.4. The first-order valence-corrected chi connectivity index (χ1v) is 3.97. The van der Waals surface area contributed by atoms with Crippen LogP contribution in [0, 0.1) is 0 Å². The Morgan fingerprint density at radius 3 is 2.64 bits per heavy atom. The summed E-state index contributed by atoms with van der Waals surface area (Å²) in [5.41, 5.74) is -0.300. The van der Waals surface area contributed by atoms with Gasteiger partial charge in [0.1, 0.15) is 0 Å². The Balaban J connectivity index is 2.62. The van der Waals surface area contributed by atoms with E-state index in [4.69, 9.17) is 0 Å². The molecule has 0 aliphatic carbocycles. The zero-order valence-corrected chi connectivity index (χ0v) is 7.34. The number of benzene rings is 1. The summed E-state index contributed by atoms with van der Waals surface area (Å²) >= 11 is 0. The first kappa shape index (κ1) is 9.05. The van der Waals surface area contributed by atoms with E-state index in [1.807, 2.05) is 0 Å². The molecule has 0 spiro atoms. The maximum Gasteiger partial charge on any atom is 0.416 e. The zero-order valence-electron chi connectivity index (χ0n) is 7.34. The van der Waals surface area contributed by atoms with Crippen LogP contribution in [0.25, 0.3) is 10.9 Å². The number of nitrogens with zero attached hydrogens (tertiary/aromatic N) is 2. The minimum atomic E-state index is -4.30. The lowest BCUT2D eigenvalue weighted by Gasteiger charge is -2.04. The molecule has 0 radical (unpaired) electrons. The lowest BCUT2D eigenvalue weighted by atomic mass is 10.1. The summed E-state index contributed by atoms with van der Waals surface area (Å²) in [4.78, 5) is 0. The molecule has 74 valence electrons. The van der Waals surface area contributed by atoms with Crippen molar-refractivity contribution in [1.82, 2.24) is 9.78 Å². The van der Waals surface area contributed by atoms with Gasteiger partial charge in [0, 0.05) is 18.6 Å². The van der Waals surface area contributed by atoms with Crippen LogP contribution >= 0.6 is 0 Å². The van der Waals surface area contributed by atoms with Gasteiger partial charge in [0.25, 0.3) is 0 Å². The Labute approximate surface area is 77.9 Å². The molecular weight excluding hydrogens is 193 g/mol. The van der Waals surface area contributed by atoms with Crippen molar-refractivity contribution in [2.75, 3.05) is 0 Å². The summed E-state index contributed by atoms with van der Waals surface area (Å²) in [5.74, 6) is 0. The normalized spacial score (nSPS) is 12.3. The molecule has 0 unspecified atom stereocenters. The predicted molar refractivity (Wildman–Crippen MR) is 45.7 cm³/mol. The van der Waals surface area contributed by atoms with Crippen molar-refractivity contribution in [2.45, 2.75) is 6.18 Å². The van der Waals surface area contributed by atoms with Crippen molar-refractivity contribution in [3.05, 3.63) is 30.0 Å². The van der Waals surface area contributed by atoms with Crippen molar-refractivity contribution in [3.63, 3.8) is 0 Å². The van der Waals surface area contributed by atoms with Gasteiger partial charge in [0.2, 0.25) is 0 Å². The summed E-state index contributed by atoms with van der Waals surface area (Å²) in [7, 11) is 1.67. The van der Waals surface area contributed by atoms with Gasteiger partial charge >= 0.3 is 6.18 Å². The number of aryl methyl sites for hydroxylation is 1. The smallest absolute Gasteiger partial charge is 0.275 e. The molecule has 0 atom stereocenters. The van der Waals surface area contributed by atoms with Gasteiger partial charge in [0.05, 0.1) is 11.1 Å². The quantitative estimate of drug-likeness (QED) is 0.639. The number of aromatic nitrogens is 2. The van der Waals surface area contributed by atoms with E-state index in [0.29, 0.717) is 10.9 Å². The SMILES string of the molecule is Cn1cc2ccc(C(F)(F)F)cc2n1. The van der Waals surface area contributed by atoms with Gasteiger partial charge in [-0.05, 0) is 12.1 Å². The number of alkyl halides is 3. The molecule has 14 heavy (non-hydrogen) atoms. The first-order chi connectivity index (χ1) is 6.47. The maximum absolute atomic E-state index is 12.3. The van der Waals surface area contributed by atoms with E-state index in [1.165, 1.54) is 10.7 Å². The largest absolute Gasteiger partial charge is 0.416 e. The van der Waals surface area contributed by atoms with Crippen molar-refractivity contribution in [1.29, 1.82) is 0 Å². The maximum atomic E-state index is 12.3. The van der Waals surface area contributed by atoms with Crippen LogP contribution in [0.2, 0.25) is 0 Å². The summed E-state index contributed by atoms with van der Waals surface area (Å²) in [6.45, 7) is 0. The average Bonchev–Trinajstić information content (AvgIpc) is 2.41. The fraction of sp³-hybridized carbons (Fsp3) is 0.222. The van der Waals surface area contributed by atoms with Crippen LogP contribution in [-0.4, -0.2) is 9.78 Å². The third kappa shape index (κ3) is 1.45. The molecule has 2 nitrogen and oxygen atoms in total. The molecule has 0 amide bonds. The number of fused-ring (bicyclic) bond motifs is 1. The van der Waals surface area contributed by atoms with Gasteiger partial charge in [-0.15, -0.1) is 0 Å². The number of hydrogen-bond acceptors (Lipinski definition) is 1. The standard InChI is InChI=1S/C9H7F3N2/c1-14-5-6-2-3-7(9(10,11)12)4-8(6)13-14/h2-5H,1H3. The van der Waals surface area contributed by atoms with Gasteiger partial charge in [0.15, 0.2) is 0 Å². The molecule has 1 aromatic heterocycles. The monoisotopic (exact) mass is 200 g/mol. The number of hydrogen-bond donors (Lipinski definition) is 0. The van der Waals surface area contributed by atoms with Crippen LogP contribution in [0.3, 0.4) is 0 Å². The highest BCUT2D eigenvalue weighted by Gasteiger charge is 2.30. The number of rotatable bonds is 0. The average molecular weight is 200 g/mol. The lowest BCUT2D eigenvalue weighted by Crippen LogP contribution is -2.04. The minimum absolute atomic E-state index is 0.363. The van der Waals surface area contributed by atoms with Gasteiger partial charge in [-0.1, -0.05) is 6.07 Å². The highest BCUT2D eigenvalue weighted by molar-refractivity contribution is 5.78. The zero-order chi connectivity index (χ0) is 10.3. The van der Waals surface area contributed by atoms with E-state index in [2.05, 4.69) is 5.10 Å². The van der Waals surface area contributed by atoms with Gasteiger partial charge in [-0.3, -0.25) is 4.68 Å². The highest BCUT2D eigenvalue weighted by Crippen LogP contribution is 2.30. The Hall–Kier alpha value is -1.52. The minimum Gasteiger partial charge on any atom is -0.275 e. The Morgan fingerprint density at radius 1 is 1.29 bits per heavy atom. The van der Waals surface area contributed by atoms with Crippen molar-refractivity contribution < 1.29 is 13.2 Å². The fourth-order valence-corrected chi connectivity index (χ4v) is 1.32. The second-order valence-electron chi connectivity index (χ2n) is 3.07. The Bertz CT molecular complexity index is 470. The Morgan fingerprint density at radius 2 is 2.00 bits per heavy atom. The van der Waals surface area contributed by atoms with Crippen LogP contribution < -0.4 is 0 Å². The van der Waals surface area contributed by atoms with Crippen LogP contribution in [0.15, 0.2) is 24.4 Å². The van der Waals surface area contributed by atoms with E-state index in [0.717, 1.165) is 12.1 Å².